The third kappa shape index (κ3) is 3.98. The van der Waals surface area contributed by atoms with Crippen molar-refractivity contribution < 1.29 is 17.9 Å². The average molecular weight is 463 g/mol. The lowest BCUT2D eigenvalue weighted by Crippen LogP contribution is -2.54. The SMILES string of the molecule is CNS(=O)(=O)c1ccc(-c2ccc3c(c2)COC2(CCN(C4CCC4)CC2)O3)cc1Cl. The van der Waals surface area contributed by atoms with E-state index in [0.29, 0.717) is 6.61 Å². The van der Waals surface area contributed by atoms with Crippen LogP contribution in [-0.2, 0) is 21.4 Å². The number of piperidine rings is 1. The largest absolute Gasteiger partial charge is 0.462 e. The van der Waals surface area contributed by atoms with Crippen LogP contribution in [0.2, 0.25) is 5.02 Å². The van der Waals surface area contributed by atoms with Crippen molar-refractivity contribution in [1.82, 2.24) is 9.62 Å². The van der Waals surface area contributed by atoms with Gasteiger partial charge >= 0.3 is 0 Å². The Hall–Kier alpha value is -1.64. The van der Waals surface area contributed by atoms with Gasteiger partial charge in [-0.2, -0.15) is 0 Å². The van der Waals surface area contributed by atoms with Crippen LogP contribution < -0.4 is 9.46 Å². The molecular formula is C23H27ClN2O4S. The third-order valence-electron chi connectivity index (χ3n) is 6.82. The number of halogens is 1. The number of likely N-dealkylation sites (tertiary alicyclic amines) is 1. The van der Waals surface area contributed by atoms with E-state index in [0.717, 1.165) is 54.4 Å². The molecule has 2 heterocycles. The number of benzene rings is 2. The minimum atomic E-state index is -3.59. The maximum absolute atomic E-state index is 12.1. The molecule has 0 atom stereocenters. The molecule has 166 valence electrons. The van der Waals surface area contributed by atoms with E-state index in [1.165, 1.54) is 32.4 Å². The third-order valence-corrected chi connectivity index (χ3v) is 8.72. The highest BCUT2D eigenvalue weighted by Gasteiger charge is 2.42. The first-order valence-corrected chi connectivity index (χ1v) is 12.7. The fraction of sp³-hybridized carbons (Fsp3) is 0.478. The summed E-state index contributed by atoms with van der Waals surface area (Å²) in [5.41, 5.74) is 2.78. The Balaban J connectivity index is 1.33. The van der Waals surface area contributed by atoms with Crippen molar-refractivity contribution in [1.29, 1.82) is 0 Å². The Morgan fingerprint density at radius 2 is 1.81 bits per heavy atom. The molecule has 1 aliphatic carbocycles. The lowest BCUT2D eigenvalue weighted by Gasteiger charge is -2.47. The molecule has 6 nitrogen and oxygen atoms in total. The van der Waals surface area contributed by atoms with Gasteiger partial charge in [0.2, 0.25) is 15.8 Å². The zero-order valence-corrected chi connectivity index (χ0v) is 19.1. The predicted molar refractivity (Wildman–Crippen MR) is 120 cm³/mol. The van der Waals surface area contributed by atoms with Crippen molar-refractivity contribution in [2.24, 2.45) is 0 Å². The van der Waals surface area contributed by atoms with Gasteiger partial charge in [0.1, 0.15) is 10.6 Å². The first-order valence-electron chi connectivity index (χ1n) is 10.8. The molecule has 0 amide bonds. The van der Waals surface area contributed by atoms with E-state index >= 15 is 0 Å². The van der Waals surface area contributed by atoms with Gasteiger partial charge in [-0.25, -0.2) is 13.1 Å². The average Bonchev–Trinajstić information content (AvgIpc) is 2.73. The van der Waals surface area contributed by atoms with Crippen LogP contribution in [0.1, 0.15) is 37.7 Å². The summed E-state index contributed by atoms with van der Waals surface area (Å²) in [4.78, 5) is 2.65. The number of sulfonamides is 1. The predicted octanol–water partition coefficient (Wildman–Crippen LogP) is 4.17. The van der Waals surface area contributed by atoms with Crippen LogP contribution >= 0.6 is 11.6 Å². The second kappa shape index (κ2) is 8.05. The van der Waals surface area contributed by atoms with Crippen LogP contribution in [0.15, 0.2) is 41.3 Å². The van der Waals surface area contributed by atoms with E-state index < -0.39 is 15.8 Å². The van der Waals surface area contributed by atoms with Crippen molar-refractivity contribution in [2.45, 2.75) is 55.4 Å². The van der Waals surface area contributed by atoms with E-state index in [1.807, 2.05) is 18.2 Å². The van der Waals surface area contributed by atoms with Crippen LogP contribution in [0.3, 0.4) is 0 Å². The van der Waals surface area contributed by atoms with Gasteiger partial charge in [-0.1, -0.05) is 30.2 Å². The van der Waals surface area contributed by atoms with E-state index in [4.69, 9.17) is 21.1 Å². The first-order chi connectivity index (χ1) is 14.9. The Morgan fingerprint density at radius 1 is 1.10 bits per heavy atom. The fourth-order valence-electron chi connectivity index (χ4n) is 4.65. The molecule has 1 N–H and O–H groups in total. The van der Waals surface area contributed by atoms with Gasteiger partial charge in [0.05, 0.1) is 11.6 Å². The molecule has 31 heavy (non-hydrogen) atoms. The molecule has 2 fully saturated rings. The summed E-state index contributed by atoms with van der Waals surface area (Å²) in [6, 6.07) is 11.7. The van der Waals surface area contributed by atoms with Gasteiger partial charge < -0.3 is 9.47 Å². The lowest BCUT2D eigenvalue weighted by molar-refractivity contribution is -0.231. The molecule has 0 bridgehead atoms. The van der Waals surface area contributed by atoms with Crippen LogP contribution in [0, 0.1) is 0 Å². The molecular weight excluding hydrogens is 436 g/mol. The summed E-state index contributed by atoms with van der Waals surface area (Å²) in [5.74, 6) is 0.355. The summed E-state index contributed by atoms with van der Waals surface area (Å²) in [6.45, 7) is 2.56. The Labute approximate surface area is 188 Å². The van der Waals surface area contributed by atoms with Crippen LogP contribution in [-0.4, -0.2) is 45.3 Å². The summed E-state index contributed by atoms with van der Waals surface area (Å²) < 4.78 is 39.0. The van der Waals surface area contributed by atoms with Crippen molar-refractivity contribution in [2.75, 3.05) is 20.1 Å². The second-order valence-corrected chi connectivity index (χ2v) is 10.9. The van der Waals surface area contributed by atoms with Crippen molar-refractivity contribution in [3.05, 3.63) is 47.0 Å². The Kier molecular flexibility index (Phi) is 5.51. The fourth-order valence-corrected chi connectivity index (χ4v) is 5.91. The van der Waals surface area contributed by atoms with Gasteiger partial charge in [-0.15, -0.1) is 0 Å². The maximum atomic E-state index is 12.1. The van der Waals surface area contributed by atoms with Gasteiger partial charge in [-0.05, 0) is 55.3 Å². The highest BCUT2D eigenvalue weighted by molar-refractivity contribution is 7.89. The lowest BCUT2D eigenvalue weighted by atomic mass is 9.89. The summed E-state index contributed by atoms with van der Waals surface area (Å²) in [6.07, 6.45) is 5.79. The molecule has 2 aliphatic heterocycles. The molecule has 0 aromatic heterocycles. The summed E-state index contributed by atoms with van der Waals surface area (Å²) in [5, 5.41) is 0.189. The molecule has 5 rings (SSSR count). The molecule has 1 spiro atoms. The van der Waals surface area contributed by atoms with Gasteiger partial charge in [0.15, 0.2) is 0 Å². The van der Waals surface area contributed by atoms with E-state index in [-0.39, 0.29) is 9.92 Å². The number of rotatable bonds is 4. The minimum Gasteiger partial charge on any atom is -0.462 e. The molecule has 1 saturated heterocycles. The number of ether oxygens (including phenoxy) is 2. The molecule has 8 heteroatoms. The van der Waals surface area contributed by atoms with E-state index in [2.05, 4.69) is 9.62 Å². The standard InChI is InChI=1S/C23H27ClN2O4S/c1-25-31(27,28)22-8-6-17(14-20(22)24)16-5-7-21-18(13-16)15-29-23(30-21)9-11-26(12-10-23)19-3-2-4-19/h5-8,13-14,19,25H,2-4,9-12,15H2,1H3. The Morgan fingerprint density at radius 3 is 2.45 bits per heavy atom. The molecule has 0 unspecified atom stereocenters. The van der Waals surface area contributed by atoms with Crippen LogP contribution in [0.4, 0.5) is 0 Å². The van der Waals surface area contributed by atoms with E-state index in [9.17, 15) is 8.42 Å². The van der Waals surface area contributed by atoms with Crippen molar-refractivity contribution >= 4 is 21.6 Å². The molecule has 2 aromatic rings. The second-order valence-electron chi connectivity index (χ2n) is 8.60. The van der Waals surface area contributed by atoms with Crippen molar-refractivity contribution in [3.63, 3.8) is 0 Å². The normalized spacial score (nSPS) is 21.4. The smallest absolute Gasteiger partial charge is 0.241 e. The molecule has 1 saturated carbocycles. The number of nitrogens with zero attached hydrogens (tertiary/aromatic N) is 1. The number of hydrogen-bond donors (Lipinski definition) is 1. The summed E-state index contributed by atoms with van der Waals surface area (Å²) in [7, 11) is -2.22. The van der Waals surface area contributed by atoms with Crippen LogP contribution in [0.25, 0.3) is 11.1 Å². The number of fused-ring (bicyclic) bond motifs is 1. The molecule has 2 aromatic carbocycles. The molecule has 3 aliphatic rings. The van der Waals surface area contributed by atoms with Crippen LogP contribution in [0.5, 0.6) is 5.75 Å². The van der Waals surface area contributed by atoms with Crippen molar-refractivity contribution in [3.8, 4) is 16.9 Å². The zero-order valence-electron chi connectivity index (χ0n) is 17.6. The zero-order chi connectivity index (χ0) is 21.6. The highest BCUT2D eigenvalue weighted by Crippen LogP contribution is 2.41. The number of nitrogens with one attached hydrogen (secondary N) is 1. The molecule has 0 radical (unpaired) electrons. The maximum Gasteiger partial charge on any atom is 0.241 e. The Bertz CT molecular complexity index is 1090. The minimum absolute atomic E-state index is 0.0697. The summed E-state index contributed by atoms with van der Waals surface area (Å²) >= 11 is 6.26. The van der Waals surface area contributed by atoms with Gasteiger partial charge in [-0.3, -0.25) is 4.90 Å². The van der Waals surface area contributed by atoms with Gasteiger partial charge in [0, 0.05) is 37.5 Å². The monoisotopic (exact) mass is 462 g/mol. The number of hydrogen-bond acceptors (Lipinski definition) is 5. The van der Waals surface area contributed by atoms with E-state index in [1.54, 1.807) is 12.1 Å². The first kappa shape index (κ1) is 21.2. The quantitative estimate of drug-likeness (QED) is 0.738. The van der Waals surface area contributed by atoms with Gasteiger partial charge in [0.25, 0.3) is 0 Å². The highest BCUT2D eigenvalue weighted by atomic mass is 35.5. The topological polar surface area (TPSA) is 67.9 Å².